The van der Waals surface area contributed by atoms with E-state index in [1.54, 1.807) is 0 Å². The predicted octanol–water partition coefficient (Wildman–Crippen LogP) is 2.78. The van der Waals surface area contributed by atoms with Gasteiger partial charge in [-0.15, -0.1) is 0 Å². The smallest absolute Gasteiger partial charge is 0.0586 e. The minimum Gasteiger partial charge on any atom is -0.395 e. The molecule has 0 aromatic carbocycles. The highest BCUT2D eigenvalue weighted by Crippen LogP contribution is 2.35. The summed E-state index contributed by atoms with van der Waals surface area (Å²) in [6.07, 6.45) is 10.5. The van der Waals surface area contributed by atoms with E-state index in [-0.39, 0.29) is 0 Å². The Kier molecular flexibility index (Phi) is 6.31. The molecule has 0 spiro atoms. The summed E-state index contributed by atoms with van der Waals surface area (Å²) < 4.78 is 0. The molecule has 0 radical (unpaired) electrons. The lowest BCUT2D eigenvalue weighted by molar-refractivity contribution is 0.153. The molecule has 20 heavy (non-hydrogen) atoms. The molecule has 2 N–H and O–H groups in total. The van der Waals surface area contributed by atoms with E-state index in [0.717, 1.165) is 6.54 Å². The van der Waals surface area contributed by atoms with Gasteiger partial charge in [0, 0.05) is 12.1 Å². The monoisotopic (exact) mass is 282 g/mol. The van der Waals surface area contributed by atoms with Crippen molar-refractivity contribution in [2.45, 2.75) is 77.3 Å². The fourth-order valence-corrected chi connectivity index (χ4v) is 3.98. The molecule has 0 aromatic rings. The molecule has 0 aromatic heterocycles. The van der Waals surface area contributed by atoms with Crippen molar-refractivity contribution in [3.63, 3.8) is 0 Å². The van der Waals surface area contributed by atoms with E-state index in [4.69, 9.17) is 0 Å². The van der Waals surface area contributed by atoms with Gasteiger partial charge in [0.05, 0.1) is 6.61 Å². The van der Waals surface area contributed by atoms with Gasteiger partial charge in [-0.2, -0.15) is 0 Å². The van der Waals surface area contributed by atoms with Crippen molar-refractivity contribution < 1.29 is 5.11 Å². The second kappa shape index (κ2) is 7.77. The molecule has 118 valence electrons. The van der Waals surface area contributed by atoms with Gasteiger partial charge in [-0.05, 0) is 63.6 Å². The molecule has 1 saturated carbocycles. The Morgan fingerprint density at radius 2 is 2.00 bits per heavy atom. The summed E-state index contributed by atoms with van der Waals surface area (Å²) in [5.41, 5.74) is 0.481. The summed E-state index contributed by atoms with van der Waals surface area (Å²) in [7, 11) is 0. The van der Waals surface area contributed by atoms with Gasteiger partial charge >= 0.3 is 0 Å². The summed E-state index contributed by atoms with van der Waals surface area (Å²) in [5, 5.41) is 13.1. The van der Waals surface area contributed by atoms with Crippen LogP contribution < -0.4 is 5.32 Å². The Bertz CT molecular complexity index is 280. The van der Waals surface area contributed by atoms with Crippen LogP contribution in [-0.4, -0.2) is 48.3 Å². The number of unbranched alkanes of at least 4 members (excludes halogenated alkanes) is 1. The molecular formula is C17H34N2O. The second-order valence-electron chi connectivity index (χ2n) is 7.46. The maximum absolute atomic E-state index is 9.31. The zero-order valence-electron chi connectivity index (χ0n) is 13.5. The predicted molar refractivity (Wildman–Crippen MR) is 85.0 cm³/mol. The van der Waals surface area contributed by atoms with Gasteiger partial charge in [-0.3, -0.25) is 4.90 Å². The lowest BCUT2D eigenvalue weighted by Crippen LogP contribution is -2.44. The topological polar surface area (TPSA) is 35.5 Å². The third kappa shape index (κ3) is 4.44. The Morgan fingerprint density at radius 3 is 2.75 bits per heavy atom. The average molecular weight is 282 g/mol. The highest BCUT2D eigenvalue weighted by atomic mass is 16.3. The standard InChI is InChI=1S/C17H34N2O/c1-17(2)10-4-3-9-16(17)18-11-5-6-12-19-13-7-8-15(19)14-20/h15-16,18,20H,3-14H2,1-2H3. The highest BCUT2D eigenvalue weighted by Gasteiger charge is 2.31. The van der Waals surface area contributed by atoms with Crippen LogP contribution in [0.15, 0.2) is 0 Å². The Labute approximate surface area is 125 Å². The molecule has 1 heterocycles. The fraction of sp³-hybridized carbons (Fsp3) is 1.00. The van der Waals surface area contributed by atoms with E-state index in [1.807, 2.05) is 0 Å². The second-order valence-corrected chi connectivity index (χ2v) is 7.46. The molecule has 0 amide bonds. The largest absolute Gasteiger partial charge is 0.395 e. The molecule has 1 aliphatic carbocycles. The van der Waals surface area contributed by atoms with Crippen LogP contribution in [0.5, 0.6) is 0 Å². The van der Waals surface area contributed by atoms with Crippen LogP contribution in [0.2, 0.25) is 0 Å². The minimum atomic E-state index is 0.342. The number of rotatable bonds is 7. The fourth-order valence-electron chi connectivity index (χ4n) is 3.98. The van der Waals surface area contributed by atoms with Crippen LogP contribution in [-0.2, 0) is 0 Å². The first-order chi connectivity index (χ1) is 9.63. The number of nitrogens with zero attached hydrogens (tertiary/aromatic N) is 1. The van der Waals surface area contributed by atoms with Gasteiger partial charge in [0.15, 0.2) is 0 Å². The lowest BCUT2D eigenvalue weighted by Gasteiger charge is -2.39. The van der Waals surface area contributed by atoms with Crippen molar-refractivity contribution in [2.75, 3.05) is 26.2 Å². The molecule has 3 nitrogen and oxygen atoms in total. The van der Waals surface area contributed by atoms with Crippen molar-refractivity contribution in [1.82, 2.24) is 10.2 Å². The van der Waals surface area contributed by atoms with Gasteiger partial charge in [0.1, 0.15) is 0 Å². The summed E-state index contributed by atoms with van der Waals surface area (Å²) in [6.45, 7) is 8.69. The van der Waals surface area contributed by atoms with Crippen molar-refractivity contribution >= 4 is 0 Å². The van der Waals surface area contributed by atoms with E-state index < -0.39 is 0 Å². The van der Waals surface area contributed by atoms with Crippen LogP contribution in [0, 0.1) is 5.41 Å². The SMILES string of the molecule is CC1(C)CCCCC1NCCCCN1CCCC1CO. The number of hydrogen-bond acceptors (Lipinski definition) is 3. The Hall–Kier alpha value is -0.120. The quantitative estimate of drug-likeness (QED) is 0.705. The molecule has 1 aliphatic heterocycles. The number of nitrogens with one attached hydrogen (secondary N) is 1. The maximum Gasteiger partial charge on any atom is 0.0586 e. The van der Waals surface area contributed by atoms with E-state index in [2.05, 4.69) is 24.1 Å². The van der Waals surface area contributed by atoms with E-state index in [1.165, 1.54) is 64.5 Å². The third-order valence-corrected chi connectivity index (χ3v) is 5.48. The summed E-state index contributed by atoms with van der Waals surface area (Å²) in [6, 6.07) is 1.16. The zero-order valence-corrected chi connectivity index (χ0v) is 13.5. The first-order valence-corrected chi connectivity index (χ1v) is 8.72. The van der Waals surface area contributed by atoms with Crippen LogP contribution in [0.4, 0.5) is 0 Å². The number of aliphatic hydroxyl groups is 1. The molecule has 2 unspecified atom stereocenters. The number of hydrogen-bond donors (Lipinski definition) is 2. The lowest BCUT2D eigenvalue weighted by atomic mass is 9.73. The first kappa shape index (κ1) is 16.3. The zero-order chi connectivity index (χ0) is 14.4. The Balaban J connectivity index is 1.57. The van der Waals surface area contributed by atoms with Gasteiger partial charge in [0.2, 0.25) is 0 Å². The molecule has 1 saturated heterocycles. The van der Waals surface area contributed by atoms with E-state index in [9.17, 15) is 5.11 Å². The first-order valence-electron chi connectivity index (χ1n) is 8.72. The van der Waals surface area contributed by atoms with Crippen molar-refractivity contribution in [3.8, 4) is 0 Å². The minimum absolute atomic E-state index is 0.342. The van der Waals surface area contributed by atoms with Gasteiger partial charge in [-0.25, -0.2) is 0 Å². The van der Waals surface area contributed by atoms with Crippen molar-refractivity contribution in [1.29, 1.82) is 0 Å². The number of aliphatic hydroxyl groups excluding tert-OH is 1. The Morgan fingerprint density at radius 1 is 1.15 bits per heavy atom. The van der Waals surface area contributed by atoms with Gasteiger partial charge < -0.3 is 10.4 Å². The summed E-state index contributed by atoms with van der Waals surface area (Å²) in [5.74, 6) is 0. The van der Waals surface area contributed by atoms with Crippen molar-refractivity contribution in [3.05, 3.63) is 0 Å². The van der Waals surface area contributed by atoms with Crippen molar-refractivity contribution in [2.24, 2.45) is 5.41 Å². The molecule has 2 rings (SSSR count). The molecular weight excluding hydrogens is 248 g/mol. The molecule has 0 bridgehead atoms. The maximum atomic E-state index is 9.31. The average Bonchev–Trinajstić information content (AvgIpc) is 2.87. The summed E-state index contributed by atoms with van der Waals surface area (Å²) in [4.78, 5) is 2.48. The van der Waals surface area contributed by atoms with Crippen LogP contribution in [0.3, 0.4) is 0 Å². The van der Waals surface area contributed by atoms with Gasteiger partial charge in [0.25, 0.3) is 0 Å². The van der Waals surface area contributed by atoms with Crippen LogP contribution in [0.1, 0.15) is 65.2 Å². The summed E-state index contributed by atoms with van der Waals surface area (Å²) >= 11 is 0. The molecule has 2 atom stereocenters. The van der Waals surface area contributed by atoms with Gasteiger partial charge in [-0.1, -0.05) is 26.7 Å². The highest BCUT2D eigenvalue weighted by molar-refractivity contribution is 4.87. The molecule has 2 aliphatic rings. The van der Waals surface area contributed by atoms with E-state index in [0.29, 0.717) is 24.1 Å². The molecule has 2 fully saturated rings. The number of likely N-dealkylation sites (tertiary alicyclic amines) is 1. The normalized spacial score (nSPS) is 30.8. The molecule has 3 heteroatoms. The third-order valence-electron chi connectivity index (χ3n) is 5.48. The van der Waals surface area contributed by atoms with E-state index >= 15 is 0 Å². The van der Waals surface area contributed by atoms with Crippen LogP contribution >= 0.6 is 0 Å². The van der Waals surface area contributed by atoms with Crippen LogP contribution in [0.25, 0.3) is 0 Å².